The summed E-state index contributed by atoms with van der Waals surface area (Å²) in [5.41, 5.74) is 0.530. The van der Waals surface area contributed by atoms with Gasteiger partial charge in [-0.2, -0.15) is 0 Å². The van der Waals surface area contributed by atoms with Crippen LogP contribution in [0.2, 0.25) is 0 Å². The maximum Gasteiger partial charge on any atom is 0.225 e. The maximum absolute atomic E-state index is 11.9. The average molecular weight is 288 g/mol. The van der Waals surface area contributed by atoms with Crippen LogP contribution in [0, 0.1) is 17.8 Å². The number of nitrogens with one attached hydrogen (secondary N) is 1. The Morgan fingerprint density at radius 3 is 3.05 bits per heavy atom. The molecule has 1 aromatic rings. The van der Waals surface area contributed by atoms with Crippen LogP contribution in [0.15, 0.2) is 18.2 Å². The van der Waals surface area contributed by atoms with E-state index in [0.717, 1.165) is 19.4 Å². The number of hydrogen-bond donors (Lipinski definition) is 2. The summed E-state index contributed by atoms with van der Waals surface area (Å²) in [5.74, 6) is 6.10. The fourth-order valence-corrected chi connectivity index (χ4v) is 2.37. The van der Waals surface area contributed by atoms with E-state index < -0.39 is 0 Å². The standard InChI is InChI=1S/C16H20N2O3/c1-2-21-14-9-12(10-14)11-16(20)18-15-7-3-5-13(17-15)6-4-8-19/h3,5,7,12,14,19H,2,8-11H2,1H3,(H,17,18,20). The van der Waals surface area contributed by atoms with Crippen LogP contribution >= 0.6 is 0 Å². The lowest BCUT2D eigenvalue weighted by Crippen LogP contribution is -2.34. The molecule has 112 valence electrons. The summed E-state index contributed by atoms with van der Waals surface area (Å²) in [6.45, 7) is 2.51. The van der Waals surface area contributed by atoms with Crippen molar-refractivity contribution in [3.05, 3.63) is 23.9 Å². The number of ether oxygens (including phenoxy) is 1. The van der Waals surface area contributed by atoms with E-state index in [1.54, 1.807) is 18.2 Å². The van der Waals surface area contributed by atoms with Crippen LogP contribution in [-0.2, 0) is 9.53 Å². The van der Waals surface area contributed by atoms with Gasteiger partial charge in [0.05, 0.1) is 6.10 Å². The zero-order valence-corrected chi connectivity index (χ0v) is 12.1. The fourth-order valence-electron chi connectivity index (χ4n) is 2.37. The third kappa shape index (κ3) is 4.85. The molecule has 1 aliphatic rings. The smallest absolute Gasteiger partial charge is 0.225 e. The molecule has 0 spiro atoms. The Balaban J connectivity index is 1.80. The summed E-state index contributed by atoms with van der Waals surface area (Å²) < 4.78 is 5.48. The zero-order chi connectivity index (χ0) is 15.1. The molecule has 0 atom stereocenters. The number of rotatable bonds is 5. The first-order valence-electron chi connectivity index (χ1n) is 7.19. The average Bonchev–Trinajstić information content (AvgIpc) is 2.43. The number of aliphatic hydroxyl groups excluding tert-OH is 1. The van der Waals surface area contributed by atoms with Gasteiger partial charge in [-0.05, 0) is 43.7 Å². The third-order valence-corrected chi connectivity index (χ3v) is 3.38. The number of pyridine rings is 1. The molecule has 1 amide bonds. The molecule has 1 saturated carbocycles. The van der Waals surface area contributed by atoms with Crippen LogP contribution < -0.4 is 5.32 Å². The Morgan fingerprint density at radius 1 is 1.52 bits per heavy atom. The Kier molecular flexibility index (Phi) is 5.73. The highest BCUT2D eigenvalue weighted by atomic mass is 16.5. The normalized spacial score (nSPS) is 20.1. The maximum atomic E-state index is 11.9. The highest BCUT2D eigenvalue weighted by Crippen LogP contribution is 2.32. The molecular formula is C16H20N2O3. The van der Waals surface area contributed by atoms with Crippen molar-refractivity contribution in [2.24, 2.45) is 5.92 Å². The van der Waals surface area contributed by atoms with Gasteiger partial charge in [0.1, 0.15) is 18.1 Å². The van der Waals surface area contributed by atoms with Gasteiger partial charge < -0.3 is 15.2 Å². The number of nitrogens with zero attached hydrogens (tertiary/aromatic N) is 1. The molecule has 2 rings (SSSR count). The molecule has 1 aromatic heterocycles. The fraction of sp³-hybridized carbons (Fsp3) is 0.500. The van der Waals surface area contributed by atoms with Gasteiger partial charge in [-0.25, -0.2) is 4.98 Å². The summed E-state index contributed by atoms with van der Waals surface area (Å²) >= 11 is 0. The van der Waals surface area contributed by atoms with E-state index in [-0.39, 0.29) is 12.5 Å². The van der Waals surface area contributed by atoms with E-state index in [2.05, 4.69) is 22.1 Å². The van der Waals surface area contributed by atoms with Gasteiger partial charge in [0.25, 0.3) is 0 Å². The predicted molar refractivity (Wildman–Crippen MR) is 79.6 cm³/mol. The van der Waals surface area contributed by atoms with Gasteiger partial charge in [-0.1, -0.05) is 12.0 Å². The number of hydrogen-bond acceptors (Lipinski definition) is 4. The molecule has 2 N–H and O–H groups in total. The Labute approximate surface area is 124 Å². The molecule has 1 aliphatic carbocycles. The third-order valence-electron chi connectivity index (χ3n) is 3.38. The van der Waals surface area contributed by atoms with Gasteiger partial charge in [-0.3, -0.25) is 4.79 Å². The van der Waals surface area contributed by atoms with Gasteiger partial charge in [-0.15, -0.1) is 0 Å². The SMILES string of the molecule is CCOC1CC(CC(=O)Nc2cccc(C#CCO)n2)C1. The van der Waals surface area contributed by atoms with E-state index in [0.29, 0.717) is 30.0 Å². The molecule has 0 unspecified atom stereocenters. The molecule has 21 heavy (non-hydrogen) atoms. The van der Waals surface area contributed by atoms with Crippen molar-refractivity contribution in [2.45, 2.75) is 32.3 Å². The molecule has 0 aliphatic heterocycles. The van der Waals surface area contributed by atoms with Gasteiger partial charge in [0.15, 0.2) is 0 Å². The molecule has 5 heteroatoms. The van der Waals surface area contributed by atoms with Crippen LogP contribution in [0.3, 0.4) is 0 Å². The van der Waals surface area contributed by atoms with Crippen LogP contribution in [0.5, 0.6) is 0 Å². The minimum atomic E-state index is -0.207. The lowest BCUT2D eigenvalue weighted by molar-refractivity contribution is -0.119. The second-order valence-corrected chi connectivity index (χ2v) is 5.04. The molecule has 0 radical (unpaired) electrons. The molecule has 0 aromatic carbocycles. The lowest BCUT2D eigenvalue weighted by atomic mass is 9.80. The highest BCUT2D eigenvalue weighted by molar-refractivity contribution is 5.90. The minimum Gasteiger partial charge on any atom is -0.384 e. The number of amides is 1. The van der Waals surface area contributed by atoms with Gasteiger partial charge in [0.2, 0.25) is 5.91 Å². The summed E-state index contributed by atoms with van der Waals surface area (Å²) in [5, 5.41) is 11.4. The van der Waals surface area contributed by atoms with Crippen molar-refractivity contribution in [1.29, 1.82) is 0 Å². The first-order chi connectivity index (χ1) is 10.2. The number of anilines is 1. The predicted octanol–water partition coefficient (Wildman–Crippen LogP) is 1.57. The second-order valence-electron chi connectivity index (χ2n) is 5.04. The summed E-state index contributed by atoms with van der Waals surface area (Å²) in [6, 6.07) is 5.24. The zero-order valence-electron chi connectivity index (χ0n) is 12.1. The van der Waals surface area contributed by atoms with Crippen molar-refractivity contribution < 1.29 is 14.6 Å². The van der Waals surface area contributed by atoms with E-state index in [1.807, 2.05) is 6.92 Å². The van der Waals surface area contributed by atoms with E-state index in [9.17, 15) is 4.79 Å². The number of carbonyl (C=O) groups excluding carboxylic acids is 1. The molecule has 1 heterocycles. The Hall–Kier alpha value is -1.90. The summed E-state index contributed by atoms with van der Waals surface area (Å²) in [7, 11) is 0. The summed E-state index contributed by atoms with van der Waals surface area (Å²) in [6.07, 6.45) is 2.73. The molecular weight excluding hydrogens is 268 g/mol. The largest absolute Gasteiger partial charge is 0.384 e. The Bertz CT molecular complexity index is 542. The number of aliphatic hydroxyl groups is 1. The Morgan fingerprint density at radius 2 is 2.33 bits per heavy atom. The van der Waals surface area contributed by atoms with Crippen molar-refractivity contribution in [3.8, 4) is 11.8 Å². The quantitative estimate of drug-likeness (QED) is 0.807. The van der Waals surface area contributed by atoms with Crippen LogP contribution in [0.4, 0.5) is 5.82 Å². The highest BCUT2D eigenvalue weighted by Gasteiger charge is 2.31. The van der Waals surface area contributed by atoms with Gasteiger partial charge >= 0.3 is 0 Å². The van der Waals surface area contributed by atoms with Crippen molar-refractivity contribution in [3.63, 3.8) is 0 Å². The van der Waals surface area contributed by atoms with Crippen molar-refractivity contribution in [1.82, 2.24) is 4.98 Å². The van der Waals surface area contributed by atoms with Gasteiger partial charge in [0, 0.05) is 13.0 Å². The minimum absolute atomic E-state index is 0.0327. The molecule has 0 saturated heterocycles. The van der Waals surface area contributed by atoms with E-state index >= 15 is 0 Å². The summed E-state index contributed by atoms with van der Waals surface area (Å²) in [4.78, 5) is 16.1. The monoisotopic (exact) mass is 288 g/mol. The number of carbonyl (C=O) groups is 1. The van der Waals surface area contributed by atoms with Crippen LogP contribution in [-0.4, -0.2) is 35.3 Å². The first kappa shape index (κ1) is 15.5. The molecule has 5 nitrogen and oxygen atoms in total. The van der Waals surface area contributed by atoms with Crippen LogP contribution in [0.1, 0.15) is 31.9 Å². The topological polar surface area (TPSA) is 71.5 Å². The molecule has 1 fully saturated rings. The second kappa shape index (κ2) is 7.77. The van der Waals surface area contributed by atoms with Crippen molar-refractivity contribution in [2.75, 3.05) is 18.5 Å². The van der Waals surface area contributed by atoms with Crippen molar-refractivity contribution >= 4 is 11.7 Å². The van der Waals surface area contributed by atoms with E-state index in [1.165, 1.54) is 0 Å². The van der Waals surface area contributed by atoms with Crippen LogP contribution in [0.25, 0.3) is 0 Å². The lowest BCUT2D eigenvalue weighted by Gasteiger charge is -2.34. The molecule has 0 bridgehead atoms. The number of aromatic nitrogens is 1. The first-order valence-corrected chi connectivity index (χ1v) is 7.19. The van der Waals surface area contributed by atoms with E-state index in [4.69, 9.17) is 9.84 Å².